The van der Waals surface area contributed by atoms with Gasteiger partial charge in [0.2, 0.25) is 0 Å². The number of nitrogens with zero attached hydrogens (tertiary/aromatic N) is 5. The number of nitrogens with one attached hydrogen (secondary N) is 2. The highest BCUT2D eigenvalue weighted by Gasteiger charge is 2.31. The van der Waals surface area contributed by atoms with Gasteiger partial charge in [-0.3, -0.25) is 18.8 Å². The largest absolute Gasteiger partial charge is 0.416 e. The van der Waals surface area contributed by atoms with Crippen LogP contribution in [-0.4, -0.2) is 59.6 Å². The molecule has 2 amide bonds. The fourth-order valence-electron chi connectivity index (χ4n) is 4.55. The molecule has 1 aliphatic carbocycles. The number of hydrogen-bond acceptors (Lipinski definition) is 7. The number of hydrogen-bond donors (Lipinski definition) is 4. The molecule has 1 unspecified atom stereocenters. The summed E-state index contributed by atoms with van der Waals surface area (Å²) < 4.78 is 42.1. The molecule has 1 aromatic carbocycles. The highest BCUT2D eigenvalue weighted by Crippen LogP contribution is 2.33. The Kier molecular flexibility index (Phi) is 7.88. The van der Waals surface area contributed by atoms with Gasteiger partial charge in [-0.05, 0) is 49.6 Å². The Bertz CT molecular complexity index is 1730. The van der Waals surface area contributed by atoms with E-state index in [1.165, 1.54) is 33.5 Å². The number of urea groups is 1. The average Bonchev–Trinajstić information content (AvgIpc) is 3.70. The number of fused-ring (bicyclic) bond motifs is 1. The summed E-state index contributed by atoms with van der Waals surface area (Å²) in [5.41, 5.74) is -1.13. The molecule has 1 fully saturated rings. The molecule has 0 spiro atoms. The van der Waals surface area contributed by atoms with E-state index in [4.69, 9.17) is 0 Å². The molecule has 12 nitrogen and oxygen atoms in total. The minimum atomic E-state index is -4.61. The third-order valence-corrected chi connectivity index (χ3v) is 6.76. The van der Waals surface area contributed by atoms with Crippen molar-refractivity contribution in [1.82, 2.24) is 24.1 Å². The quantitative estimate of drug-likeness (QED) is 0.234. The normalized spacial score (nSPS) is 14.2. The minimum Gasteiger partial charge on any atom is -0.394 e. The molecule has 15 heteroatoms. The Morgan fingerprint density at radius 2 is 2.00 bits per heavy atom. The lowest BCUT2D eigenvalue weighted by Crippen LogP contribution is -2.42. The van der Waals surface area contributed by atoms with Crippen LogP contribution in [0.15, 0.2) is 52.2 Å². The van der Waals surface area contributed by atoms with Crippen LogP contribution in [-0.2, 0) is 12.7 Å². The van der Waals surface area contributed by atoms with Crippen molar-refractivity contribution >= 4 is 28.7 Å². The van der Waals surface area contributed by atoms with Crippen LogP contribution < -0.4 is 21.5 Å². The first kappa shape index (κ1) is 29.0. The molecule has 0 radical (unpaired) electrons. The molecule has 222 valence electrons. The van der Waals surface area contributed by atoms with Crippen LogP contribution >= 0.6 is 0 Å². The number of imidazole rings is 1. The summed E-state index contributed by atoms with van der Waals surface area (Å²) >= 11 is 0. The zero-order valence-electron chi connectivity index (χ0n) is 22.4. The molecular formula is C27H28F3N7O5. The summed E-state index contributed by atoms with van der Waals surface area (Å²) in [6.07, 6.45) is -2.47. The van der Waals surface area contributed by atoms with Gasteiger partial charge in [0, 0.05) is 30.0 Å². The van der Waals surface area contributed by atoms with Crippen molar-refractivity contribution in [3.63, 3.8) is 0 Å². The number of aromatic nitrogens is 5. The highest BCUT2D eigenvalue weighted by atomic mass is 19.4. The van der Waals surface area contributed by atoms with Crippen molar-refractivity contribution < 1.29 is 28.2 Å². The van der Waals surface area contributed by atoms with Gasteiger partial charge in [-0.1, -0.05) is 13.0 Å². The van der Waals surface area contributed by atoms with E-state index in [1.807, 2.05) is 6.92 Å². The van der Waals surface area contributed by atoms with Crippen LogP contribution in [0.4, 0.5) is 29.5 Å². The van der Waals surface area contributed by atoms with Crippen LogP contribution in [0.3, 0.4) is 0 Å². The first-order valence-electron chi connectivity index (χ1n) is 13.3. The molecule has 4 aromatic rings. The van der Waals surface area contributed by atoms with Gasteiger partial charge >= 0.3 is 17.9 Å². The number of H-pyrrole nitrogens is 1. The second kappa shape index (κ2) is 11.4. The van der Waals surface area contributed by atoms with Crippen molar-refractivity contribution in [1.29, 1.82) is 0 Å². The summed E-state index contributed by atoms with van der Waals surface area (Å²) in [6, 6.07) is 5.99. The molecule has 4 N–H and O–H groups in total. The van der Waals surface area contributed by atoms with Crippen LogP contribution in [0.2, 0.25) is 0 Å². The Morgan fingerprint density at radius 1 is 1.24 bits per heavy atom. The van der Waals surface area contributed by atoms with Crippen molar-refractivity contribution in [2.24, 2.45) is 0 Å². The Morgan fingerprint density at radius 3 is 2.62 bits per heavy atom. The maximum Gasteiger partial charge on any atom is 0.416 e. The lowest BCUT2D eigenvalue weighted by atomic mass is 10.2. The molecule has 0 bridgehead atoms. The number of carbonyl (C=O) groups excluding carboxylic acids is 1. The molecule has 42 heavy (non-hydrogen) atoms. The highest BCUT2D eigenvalue weighted by molar-refractivity contribution is 6.01. The predicted molar refractivity (Wildman–Crippen MR) is 147 cm³/mol. The Hall–Kier alpha value is -4.50. The number of rotatable bonds is 9. The number of carbonyl (C=O) groups is 1. The number of pyridine rings is 1. The number of halogens is 3. The molecule has 1 atom stereocenters. The van der Waals surface area contributed by atoms with Gasteiger partial charge in [0.05, 0.1) is 24.8 Å². The summed E-state index contributed by atoms with van der Waals surface area (Å²) in [7, 11) is 0. The molecule has 3 aromatic heterocycles. The minimum absolute atomic E-state index is 0.0193. The zero-order chi connectivity index (χ0) is 30.2. The van der Waals surface area contributed by atoms with E-state index in [0.29, 0.717) is 18.5 Å². The van der Waals surface area contributed by atoms with Gasteiger partial charge in [-0.25, -0.2) is 19.6 Å². The van der Waals surface area contributed by atoms with Crippen molar-refractivity contribution in [2.45, 2.75) is 51.1 Å². The monoisotopic (exact) mass is 587 g/mol. The molecule has 5 rings (SSSR count). The van der Waals surface area contributed by atoms with Crippen LogP contribution in [0.5, 0.6) is 0 Å². The van der Waals surface area contributed by atoms with Gasteiger partial charge in [-0.15, -0.1) is 0 Å². The topological polar surface area (TPSA) is 158 Å². The fraction of sp³-hybridized carbons (Fsp3) is 0.370. The van der Waals surface area contributed by atoms with E-state index in [2.05, 4.69) is 20.3 Å². The third-order valence-electron chi connectivity index (χ3n) is 6.76. The standard InChI is InChI=1S/C27H28F3N7O5/c1-2-10-35-23-21(24(40)37(26(35)42)18-7-8-18)33-22(34-23)15-6-9-20(31-12-15)36(13-19(39)14-38)25(41)32-17-5-3-4-16(11-17)27(28,29)30/h3-6,9,11-12,18-19,38-39H,2,7-8,10,13-14H2,1H3,(H,32,41)(H,33,34). The molecule has 1 saturated carbocycles. The van der Waals surface area contributed by atoms with E-state index in [9.17, 15) is 37.8 Å². The van der Waals surface area contributed by atoms with E-state index < -0.39 is 48.3 Å². The number of amides is 2. The Balaban J connectivity index is 1.46. The SMILES string of the molecule is CCCn1c(=O)n(C2CC2)c(=O)c2[nH]c(-c3ccc(N(CC(O)CO)C(=O)Nc4cccc(C(F)(F)F)c4)nc3)nc21. The first-order valence-corrected chi connectivity index (χ1v) is 13.3. The summed E-state index contributed by atoms with van der Waals surface area (Å²) in [5.74, 6) is 0.278. The third kappa shape index (κ3) is 5.78. The molecule has 0 aliphatic heterocycles. The lowest BCUT2D eigenvalue weighted by molar-refractivity contribution is -0.137. The lowest BCUT2D eigenvalue weighted by Gasteiger charge is -2.24. The van der Waals surface area contributed by atoms with E-state index in [0.717, 1.165) is 35.9 Å². The van der Waals surface area contributed by atoms with Crippen LogP contribution in [0, 0.1) is 0 Å². The summed E-state index contributed by atoms with van der Waals surface area (Å²) in [4.78, 5) is 51.9. The van der Waals surface area contributed by atoms with Gasteiger partial charge in [0.1, 0.15) is 17.2 Å². The number of aliphatic hydroxyl groups excluding tert-OH is 2. The predicted octanol–water partition coefficient (Wildman–Crippen LogP) is 3.10. The van der Waals surface area contributed by atoms with Crippen LogP contribution in [0.25, 0.3) is 22.6 Å². The number of anilines is 2. The molecule has 1 aliphatic rings. The summed E-state index contributed by atoms with van der Waals surface area (Å²) in [6.45, 7) is 1.18. The number of alkyl halides is 3. The second-order valence-electron chi connectivity index (χ2n) is 9.99. The zero-order valence-corrected chi connectivity index (χ0v) is 22.4. The average molecular weight is 588 g/mol. The second-order valence-corrected chi connectivity index (χ2v) is 9.99. The number of benzene rings is 1. The van der Waals surface area contributed by atoms with E-state index in [-0.39, 0.29) is 34.5 Å². The number of aromatic amines is 1. The van der Waals surface area contributed by atoms with Crippen molar-refractivity contribution in [3.8, 4) is 11.4 Å². The van der Waals surface area contributed by atoms with Gasteiger partial charge in [0.25, 0.3) is 5.56 Å². The molecule has 3 heterocycles. The van der Waals surface area contributed by atoms with Crippen molar-refractivity contribution in [2.75, 3.05) is 23.4 Å². The number of aliphatic hydroxyl groups is 2. The maximum atomic E-state index is 13.1. The van der Waals surface area contributed by atoms with Gasteiger partial charge in [-0.2, -0.15) is 13.2 Å². The number of aryl methyl sites for hydroxylation is 1. The summed E-state index contributed by atoms with van der Waals surface area (Å²) in [5, 5.41) is 21.7. The van der Waals surface area contributed by atoms with Crippen molar-refractivity contribution in [3.05, 3.63) is 69.0 Å². The first-order chi connectivity index (χ1) is 20.0. The maximum absolute atomic E-state index is 13.1. The van der Waals surface area contributed by atoms with E-state index >= 15 is 0 Å². The van der Waals surface area contributed by atoms with Crippen LogP contribution in [0.1, 0.15) is 37.8 Å². The molecular weight excluding hydrogens is 559 g/mol. The van der Waals surface area contributed by atoms with Gasteiger partial charge in [0.15, 0.2) is 5.65 Å². The smallest absolute Gasteiger partial charge is 0.394 e. The fourth-order valence-corrected chi connectivity index (χ4v) is 4.55. The Labute approximate surface area is 236 Å². The van der Waals surface area contributed by atoms with Gasteiger partial charge < -0.3 is 20.5 Å². The van der Waals surface area contributed by atoms with E-state index in [1.54, 1.807) is 0 Å². The molecule has 0 saturated heterocycles.